The maximum atomic E-state index is 13.0. The minimum absolute atomic E-state index is 0.143. The van der Waals surface area contributed by atoms with Crippen LogP contribution in [0.25, 0.3) is 11.8 Å². The average Bonchev–Trinajstić information content (AvgIpc) is 2.95. The summed E-state index contributed by atoms with van der Waals surface area (Å²) in [6, 6.07) is 12.5. The molecule has 0 fully saturated rings. The molecule has 120 valence electrons. The Hall–Kier alpha value is -3.21. The molecule has 0 atom stereocenters. The molecular formula is C19H15FN2O2. The summed E-state index contributed by atoms with van der Waals surface area (Å²) in [6.45, 7) is 1.78. The number of halogens is 1. The van der Waals surface area contributed by atoms with Crippen molar-refractivity contribution in [2.45, 2.75) is 6.92 Å². The van der Waals surface area contributed by atoms with Gasteiger partial charge >= 0.3 is 0 Å². The quantitative estimate of drug-likeness (QED) is 0.585. The minimum atomic E-state index is -0.325. The highest BCUT2D eigenvalue weighted by atomic mass is 19.1. The van der Waals surface area contributed by atoms with E-state index >= 15 is 0 Å². The van der Waals surface area contributed by atoms with E-state index < -0.39 is 0 Å². The maximum absolute atomic E-state index is 13.0. The SMILES string of the molecule is Cc1c(C(=O)C=Cc2cccc(O)c2)cnn1-c1ccc(F)cc1. The zero-order valence-electron chi connectivity index (χ0n) is 13.0. The fraction of sp³-hybridized carbons (Fsp3) is 0.0526. The van der Waals surface area contributed by atoms with E-state index in [1.165, 1.54) is 24.4 Å². The number of ketones is 1. The fourth-order valence-corrected chi connectivity index (χ4v) is 2.38. The van der Waals surface area contributed by atoms with E-state index in [2.05, 4.69) is 5.10 Å². The van der Waals surface area contributed by atoms with Crippen LogP contribution in [0.3, 0.4) is 0 Å². The Bertz CT molecular complexity index is 911. The van der Waals surface area contributed by atoms with Crippen LogP contribution in [-0.4, -0.2) is 20.7 Å². The van der Waals surface area contributed by atoms with Crippen LogP contribution >= 0.6 is 0 Å². The van der Waals surface area contributed by atoms with E-state index in [0.717, 1.165) is 5.56 Å². The number of allylic oxidation sites excluding steroid dienone is 1. The highest BCUT2D eigenvalue weighted by Crippen LogP contribution is 2.17. The number of rotatable bonds is 4. The van der Waals surface area contributed by atoms with E-state index in [0.29, 0.717) is 16.9 Å². The molecule has 3 aromatic rings. The normalized spacial score (nSPS) is 11.1. The molecule has 0 aliphatic rings. The second kappa shape index (κ2) is 6.50. The highest BCUT2D eigenvalue weighted by molar-refractivity contribution is 6.07. The molecule has 24 heavy (non-hydrogen) atoms. The summed E-state index contributed by atoms with van der Waals surface area (Å²) >= 11 is 0. The number of aromatic nitrogens is 2. The first-order valence-electron chi connectivity index (χ1n) is 7.36. The highest BCUT2D eigenvalue weighted by Gasteiger charge is 2.13. The number of carbonyl (C=O) groups excluding carboxylic acids is 1. The first-order valence-corrected chi connectivity index (χ1v) is 7.36. The van der Waals surface area contributed by atoms with Gasteiger partial charge in [0.1, 0.15) is 11.6 Å². The van der Waals surface area contributed by atoms with Crippen molar-refractivity contribution in [3.8, 4) is 11.4 Å². The van der Waals surface area contributed by atoms with Gasteiger partial charge in [0.25, 0.3) is 0 Å². The number of phenols is 1. The van der Waals surface area contributed by atoms with Gasteiger partial charge in [-0.2, -0.15) is 5.10 Å². The Labute approximate surface area is 138 Å². The van der Waals surface area contributed by atoms with Crippen LogP contribution in [0.5, 0.6) is 5.75 Å². The second-order valence-electron chi connectivity index (χ2n) is 5.32. The van der Waals surface area contributed by atoms with Gasteiger partial charge < -0.3 is 5.11 Å². The van der Waals surface area contributed by atoms with Crippen molar-refractivity contribution in [3.63, 3.8) is 0 Å². The van der Waals surface area contributed by atoms with Crippen molar-refractivity contribution >= 4 is 11.9 Å². The lowest BCUT2D eigenvalue weighted by Gasteiger charge is -2.04. The molecular weight excluding hydrogens is 307 g/mol. The van der Waals surface area contributed by atoms with Crippen LogP contribution < -0.4 is 0 Å². The van der Waals surface area contributed by atoms with Gasteiger partial charge in [0.2, 0.25) is 0 Å². The van der Waals surface area contributed by atoms with E-state index in [9.17, 15) is 14.3 Å². The van der Waals surface area contributed by atoms with E-state index in [-0.39, 0.29) is 17.3 Å². The molecule has 1 heterocycles. The van der Waals surface area contributed by atoms with E-state index in [1.54, 1.807) is 54.1 Å². The van der Waals surface area contributed by atoms with Crippen LogP contribution in [0.2, 0.25) is 0 Å². The van der Waals surface area contributed by atoms with E-state index in [4.69, 9.17) is 0 Å². The molecule has 0 unspecified atom stereocenters. The van der Waals surface area contributed by atoms with Crippen molar-refractivity contribution in [1.29, 1.82) is 0 Å². The van der Waals surface area contributed by atoms with Crippen LogP contribution in [-0.2, 0) is 0 Å². The fourth-order valence-electron chi connectivity index (χ4n) is 2.38. The lowest BCUT2D eigenvalue weighted by atomic mass is 10.1. The zero-order valence-corrected chi connectivity index (χ0v) is 13.0. The number of hydrogen-bond acceptors (Lipinski definition) is 3. The Morgan fingerprint density at radius 1 is 1.21 bits per heavy atom. The molecule has 3 rings (SSSR count). The first kappa shape index (κ1) is 15.7. The van der Waals surface area contributed by atoms with Gasteiger partial charge in [-0.25, -0.2) is 9.07 Å². The van der Waals surface area contributed by atoms with Crippen LogP contribution in [0, 0.1) is 12.7 Å². The third-order valence-corrected chi connectivity index (χ3v) is 3.64. The zero-order chi connectivity index (χ0) is 17.1. The summed E-state index contributed by atoms with van der Waals surface area (Å²) in [6.07, 6.45) is 4.57. The van der Waals surface area contributed by atoms with Crippen molar-refractivity contribution < 1.29 is 14.3 Å². The molecule has 1 aromatic heterocycles. The summed E-state index contributed by atoms with van der Waals surface area (Å²) in [5.41, 5.74) is 2.56. The van der Waals surface area contributed by atoms with E-state index in [1.807, 2.05) is 0 Å². The summed E-state index contributed by atoms with van der Waals surface area (Å²) in [7, 11) is 0. The lowest BCUT2D eigenvalue weighted by molar-refractivity contribution is 0.104. The molecule has 4 nitrogen and oxygen atoms in total. The smallest absolute Gasteiger partial charge is 0.189 e. The predicted molar refractivity (Wildman–Crippen MR) is 89.7 cm³/mol. The first-order chi connectivity index (χ1) is 11.5. The molecule has 0 aliphatic heterocycles. The van der Waals surface area contributed by atoms with Crippen molar-refractivity contribution in [3.05, 3.63) is 83.4 Å². The largest absolute Gasteiger partial charge is 0.508 e. The molecule has 0 saturated carbocycles. The van der Waals surface area contributed by atoms with Crippen LogP contribution in [0.15, 0.2) is 60.8 Å². The summed E-state index contributed by atoms with van der Waals surface area (Å²) in [4.78, 5) is 12.4. The number of benzene rings is 2. The number of aromatic hydroxyl groups is 1. The third kappa shape index (κ3) is 3.25. The monoisotopic (exact) mass is 322 g/mol. The average molecular weight is 322 g/mol. The molecule has 0 spiro atoms. The lowest BCUT2D eigenvalue weighted by Crippen LogP contribution is -2.01. The van der Waals surface area contributed by atoms with Gasteiger partial charge in [-0.05, 0) is 55.0 Å². The molecule has 5 heteroatoms. The molecule has 1 N–H and O–H groups in total. The van der Waals surface area contributed by atoms with Crippen molar-refractivity contribution in [2.75, 3.05) is 0 Å². The number of carbonyl (C=O) groups is 1. The van der Waals surface area contributed by atoms with Gasteiger partial charge in [0, 0.05) is 0 Å². The molecule has 0 aliphatic carbocycles. The van der Waals surface area contributed by atoms with Gasteiger partial charge in [-0.15, -0.1) is 0 Å². The van der Waals surface area contributed by atoms with Crippen molar-refractivity contribution in [2.24, 2.45) is 0 Å². The molecule has 0 radical (unpaired) electrons. The topological polar surface area (TPSA) is 55.1 Å². The molecule has 2 aromatic carbocycles. The van der Waals surface area contributed by atoms with Crippen molar-refractivity contribution in [1.82, 2.24) is 9.78 Å². The Balaban J connectivity index is 1.85. The van der Waals surface area contributed by atoms with Gasteiger partial charge in [-0.1, -0.05) is 18.2 Å². The summed E-state index contributed by atoms with van der Waals surface area (Å²) < 4.78 is 14.6. The number of hydrogen-bond donors (Lipinski definition) is 1. The second-order valence-corrected chi connectivity index (χ2v) is 5.32. The Kier molecular flexibility index (Phi) is 4.24. The maximum Gasteiger partial charge on any atom is 0.189 e. The molecule has 0 bridgehead atoms. The predicted octanol–water partition coefficient (Wildman–Crippen LogP) is 3.92. The molecule has 0 saturated heterocycles. The minimum Gasteiger partial charge on any atom is -0.508 e. The summed E-state index contributed by atoms with van der Waals surface area (Å²) in [5, 5.41) is 13.6. The third-order valence-electron chi connectivity index (χ3n) is 3.64. The van der Waals surface area contributed by atoms with Crippen LogP contribution in [0.4, 0.5) is 4.39 Å². The number of phenolic OH excluding ortho intramolecular Hbond substituents is 1. The van der Waals surface area contributed by atoms with Gasteiger partial charge in [-0.3, -0.25) is 4.79 Å². The standard InChI is InChI=1S/C19H15FN2O2/c1-13-18(12-21-22(13)16-8-6-15(20)7-9-16)19(24)10-5-14-3-2-4-17(23)11-14/h2-12,23H,1H3. The van der Waals surface area contributed by atoms with Gasteiger partial charge in [0.15, 0.2) is 5.78 Å². The van der Waals surface area contributed by atoms with Gasteiger partial charge in [0.05, 0.1) is 23.1 Å². The molecule has 0 amide bonds. The Morgan fingerprint density at radius 2 is 1.96 bits per heavy atom. The number of nitrogens with zero attached hydrogens (tertiary/aromatic N) is 2. The van der Waals surface area contributed by atoms with Crippen LogP contribution in [0.1, 0.15) is 21.6 Å². The Morgan fingerprint density at radius 3 is 2.67 bits per heavy atom. The summed E-state index contributed by atoms with van der Waals surface area (Å²) in [5.74, 6) is -0.372.